The zero-order chi connectivity index (χ0) is 21.9. The van der Waals surface area contributed by atoms with Gasteiger partial charge in [-0.15, -0.1) is 0 Å². The smallest absolute Gasteiger partial charge is 0.101 e. The molecule has 162 valence electrons. The van der Waals surface area contributed by atoms with Gasteiger partial charge in [0, 0.05) is 0 Å². The van der Waals surface area contributed by atoms with Gasteiger partial charge >= 0.3 is 0 Å². The fraction of sp³-hybridized carbons (Fsp3) is 0.571. The van der Waals surface area contributed by atoms with Gasteiger partial charge in [-0.1, -0.05) is 114 Å². The first kappa shape index (κ1) is 25.7. The van der Waals surface area contributed by atoms with Gasteiger partial charge in [0.15, 0.2) is 0 Å². The summed E-state index contributed by atoms with van der Waals surface area (Å²) in [6.45, 7) is 4.48. The van der Waals surface area contributed by atoms with Crippen LogP contribution in [0.15, 0.2) is 24.3 Å². The fourth-order valence-corrected chi connectivity index (χ4v) is 3.66. The van der Waals surface area contributed by atoms with E-state index in [1.807, 2.05) is 24.3 Å². The Morgan fingerprint density at radius 3 is 1.33 bits per heavy atom. The van der Waals surface area contributed by atoms with Crippen LogP contribution in [0.5, 0.6) is 0 Å². The monoisotopic (exact) mass is 404 g/mol. The topological polar surface area (TPSA) is 47.6 Å². The molecule has 0 atom stereocenters. The summed E-state index contributed by atoms with van der Waals surface area (Å²) in [7, 11) is 0. The van der Waals surface area contributed by atoms with E-state index in [0.717, 1.165) is 24.0 Å². The van der Waals surface area contributed by atoms with Crippen molar-refractivity contribution >= 4 is 12.2 Å². The fourth-order valence-electron chi connectivity index (χ4n) is 3.66. The van der Waals surface area contributed by atoms with Crippen molar-refractivity contribution in [2.45, 2.75) is 104 Å². The molecule has 0 saturated carbocycles. The Kier molecular flexibility index (Phi) is 15.0. The Hall–Kier alpha value is -2.32. The van der Waals surface area contributed by atoms with Gasteiger partial charge in [0.25, 0.3) is 0 Å². The number of benzene rings is 1. The van der Waals surface area contributed by atoms with Crippen molar-refractivity contribution < 1.29 is 0 Å². The molecule has 0 aromatic heterocycles. The molecule has 0 radical (unpaired) electrons. The molecule has 0 N–H and O–H groups in total. The number of unbranched alkanes of at least 4 members (excludes halogenated alkanes) is 12. The highest BCUT2D eigenvalue weighted by Gasteiger charge is 2.10. The molecule has 0 aliphatic rings. The third-order valence-corrected chi connectivity index (χ3v) is 5.54. The van der Waals surface area contributed by atoms with Crippen LogP contribution in [0.1, 0.15) is 126 Å². The van der Waals surface area contributed by atoms with Crippen molar-refractivity contribution in [3.8, 4) is 12.1 Å². The second-order valence-electron chi connectivity index (χ2n) is 8.14. The Labute approximate surface area is 185 Å². The van der Waals surface area contributed by atoms with E-state index in [9.17, 15) is 10.5 Å². The summed E-state index contributed by atoms with van der Waals surface area (Å²) in [5.74, 6) is 0. The van der Waals surface area contributed by atoms with Gasteiger partial charge in [0.1, 0.15) is 12.1 Å². The summed E-state index contributed by atoms with van der Waals surface area (Å²) >= 11 is 0. The van der Waals surface area contributed by atoms with Crippen LogP contribution in [-0.4, -0.2) is 0 Å². The van der Waals surface area contributed by atoms with Crippen molar-refractivity contribution in [2.24, 2.45) is 0 Å². The van der Waals surface area contributed by atoms with Crippen LogP contribution < -0.4 is 0 Å². The molecule has 1 rings (SSSR count). The minimum absolute atomic E-state index is 0.499. The summed E-state index contributed by atoms with van der Waals surface area (Å²) in [6.07, 6.45) is 25.8. The first-order chi connectivity index (χ1) is 14.8. The van der Waals surface area contributed by atoms with E-state index in [2.05, 4.69) is 38.1 Å². The second-order valence-corrected chi connectivity index (χ2v) is 8.14. The molecule has 0 aliphatic carbocycles. The summed E-state index contributed by atoms with van der Waals surface area (Å²) in [5, 5.41) is 19.3. The van der Waals surface area contributed by atoms with Gasteiger partial charge in [-0.3, -0.25) is 0 Å². The molecule has 2 heteroatoms. The average molecular weight is 405 g/mol. The third-order valence-electron chi connectivity index (χ3n) is 5.54. The molecule has 0 amide bonds. The molecule has 0 bridgehead atoms. The number of nitriles is 2. The number of nitrogens with zero attached hydrogens (tertiary/aromatic N) is 2. The Balaban J connectivity index is 2.59. The van der Waals surface area contributed by atoms with E-state index in [-0.39, 0.29) is 0 Å². The molecule has 0 heterocycles. The van der Waals surface area contributed by atoms with E-state index in [0.29, 0.717) is 11.1 Å². The zero-order valence-corrected chi connectivity index (χ0v) is 19.3. The summed E-state index contributed by atoms with van der Waals surface area (Å²) < 4.78 is 0. The number of rotatable bonds is 16. The lowest BCUT2D eigenvalue weighted by molar-refractivity contribution is 0.611. The van der Waals surface area contributed by atoms with Crippen LogP contribution in [0.2, 0.25) is 0 Å². The van der Waals surface area contributed by atoms with Crippen LogP contribution in [0, 0.1) is 22.7 Å². The summed E-state index contributed by atoms with van der Waals surface area (Å²) in [6, 6.07) is 8.45. The zero-order valence-electron chi connectivity index (χ0n) is 19.3. The predicted molar refractivity (Wildman–Crippen MR) is 130 cm³/mol. The molecular formula is C28H40N2. The molecule has 1 aromatic carbocycles. The maximum atomic E-state index is 9.63. The van der Waals surface area contributed by atoms with Gasteiger partial charge in [-0.25, -0.2) is 0 Å². The van der Waals surface area contributed by atoms with Crippen molar-refractivity contribution in [3.63, 3.8) is 0 Å². The van der Waals surface area contributed by atoms with E-state index in [1.165, 1.54) is 77.0 Å². The van der Waals surface area contributed by atoms with Crippen molar-refractivity contribution in [3.05, 3.63) is 46.5 Å². The Morgan fingerprint density at radius 2 is 0.967 bits per heavy atom. The molecule has 1 aromatic rings. The Morgan fingerprint density at radius 1 is 0.600 bits per heavy atom. The van der Waals surface area contributed by atoms with Crippen molar-refractivity contribution in [2.75, 3.05) is 0 Å². The molecule has 0 fully saturated rings. The average Bonchev–Trinajstić information content (AvgIpc) is 2.77. The number of hydrogen-bond acceptors (Lipinski definition) is 2. The molecule has 0 unspecified atom stereocenters. The lowest BCUT2D eigenvalue weighted by atomic mass is 9.96. The number of hydrogen-bond donors (Lipinski definition) is 0. The van der Waals surface area contributed by atoms with Gasteiger partial charge in [0.2, 0.25) is 0 Å². The predicted octanol–water partition coefficient (Wildman–Crippen LogP) is 8.96. The third kappa shape index (κ3) is 10.5. The largest absolute Gasteiger partial charge is 0.192 e. The van der Waals surface area contributed by atoms with Crippen molar-refractivity contribution in [1.29, 1.82) is 10.5 Å². The molecular weight excluding hydrogens is 364 g/mol. The normalized spacial score (nSPS) is 11.2. The van der Waals surface area contributed by atoms with Crippen LogP contribution >= 0.6 is 0 Å². The van der Waals surface area contributed by atoms with E-state index in [4.69, 9.17) is 0 Å². The SMILES string of the molecule is CCCCCCCCC=Cc1ccc(C=CCCCCCCCC)c(C#N)c1C#N. The summed E-state index contributed by atoms with van der Waals surface area (Å²) in [5.41, 5.74) is 2.71. The van der Waals surface area contributed by atoms with E-state index < -0.39 is 0 Å². The van der Waals surface area contributed by atoms with Crippen LogP contribution in [0.4, 0.5) is 0 Å². The molecule has 0 saturated heterocycles. The first-order valence-corrected chi connectivity index (χ1v) is 12.1. The van der Waals surface area contributed by atoms with Gasteiger partial charge in [-0.05, 0) is 36.8 Å². The van der Waals surface area contributed by atoms with Crippen LogP contribution in [0.3, 0.4) is 0 Å². The highest BCUT2D eigenvalue weighted by Crippen LogP contribution is 2.22. The van der Waals surface area contributed by atoms with Crippen molar-refractivity contribution in [1.82, 2.24) is 0 Å². The molecule has 0 spiro atoms. The first-order valence-electron chi connectivity index (χ1n) is 12.1. The van der Waals surface area contributed by atoms with E-state index >= 15 is 0 Å². The van der Waals surface area contributed by atoms with Crippen LogP contribution in [0.25, 0.3) is 12.2 Å². The highest BCUT2D eigenvalue weighted by atomic mass is 14.3. The molecule has 0 aliphatic heterocycles. The lowest BCUT2D eigenvalue weighted by Gasteiger charge is -2.05. The van der Waals surface area contributed by atoms with E-state index in [1.54, 1.807) is 0 Å². The quantitative estimate of drug-likeness (QED) is 0.258. The molecule has 2 nitrogen and oxygen atoms in total. The van der Waals surface area contributed by atoms with Gasteiger partial charge in [0.05, 0.1) is 11.1 Å². The van der Waals surface area contributed by atoms with Gasteiger partial charge in [-0.2, -0.15) is 10.5 Å². The maximum absolute atomic E-state index is 9.63. The highest BCUT2D eigenvalue weighted by molar-refractivity contribution is 5.70. The minimum Gasteiger partial charge on any atom is -0.192 e. The standard InChI is InChI=1S/C28H40N2/c1-3-5-7-9-11-13-15-17-19-25-21-22-26(28(24-30)27(25)23-29)20-18-16-14-12-10-8-6-4-2/h17-22H,3-16H2,1-2H3. The maximum Gasteiger partial charge on any atom is 0.101 e. The minimum atomic E-state index is 0.499. The second kappa shape index (κ2) is 17.5. The Bertz CT molecular complexity index is 665. The lowest BCUT2D eigenvalue weighted by Crippen LogP contribution is -1.93. The van der Waals surface area contributed by atoms with Gasteiger partial charge < -0.3 is 0 Å². The van der Waals surface area contributed by atoms with Crippen LogP contribution in [-0.2, 0) is 0 Å². The summed E-state index contributed by atoms with van der Waals surface area (Å²) in [4.78, 5) is 0. The molecule has 30 heavy (non-hydrogen) atoms. The number of allylic oxidation sites excluding steroid dienone is 2.